The highest BCUT2D eigenvalue weighted by molar-refractivity contribution is 6.09. The molecule has 0 bridgehead atoms. The van der Waals surface area contributed by atoms with Gasteiger partial charge in [-0.1, -0.05) is 60.7 Å². The number of hydrogen-bond acceptors (Lipinski definition) is 4. The molecule has 3 aromatic carbocycles. The fourth-order valence-corrected chi connectivity index (χ4v) is 4.29. The molecule has 3 aromatic rings. The van der Waals surface area contributed by atoms with E-state index in [9.17, 15) is 4.79 Å². The van der Waals surface area contributed by atoms with Gasteiger partial charge in [-0.3, -0.25) is 9.69 Å². The third kappa shape index (κ3) is 5.47. The molecular weight excluding hydrogens is 400 g/mol. The number of carbonyl (C=O) groups is 1. The first-order valence-corrected chi connectivity index (χ1v) is 11.6. The number of fused-ring (bicyclic) bond motifs is 1. The smallest absolute Gasteiger partial charge is 0.255 e. The van der Waals surface area contributed by atoms with Gasteiger partial charge in [0.25, 0.3) is 5.91 Å². The van der Waals surface area contributed by atoms with Crippen molar-refractivity contribution in [2.24, 2.45) is 0 Å². The van der Waals surface area contributed by atoms with Gasteiger partial charge >= 0.3 is 0 Å². The van der Waals surface area contributed by atoms with Crippen LogP contribution in [0.3, 0.4) is 0 Å². The van der Waals surface area contributed by atoms with E-state index in [-0.39, 0.29) is 12.0 Å². The van der Waals surface area contributed by atoms with E-state index < -0.39 is 0 Å². The van der Waals surface area contributed by atoms with Gasteiger partial charge < -0.3 is 14.8 Å². The minimum Gasteiger partial charge on any atom is -0.493 e. The van der Waals surface area contributed by atoms with Crippen LogP contribution in [0.15, 0.2) is 66.7 Å². The number of benzene rings is 3. The summed E-state index contributed by atoms with van der Waals surface area (Å²) in [4.78, 5) is 15.5. The number of carbonyl (C=O) groups excluding carboxylic acids is 1. The lowest BCUT2D eigenvalue weighted by molar-refractivity contribution is -0.0303. The number of ether oxygens (including phenoxy) is 2. The van der Waals surface area contributed by atoms with Crippen molar-refractivity contribution in [1.29, 1.82) is 0 Å². The summed E-state index contributed by atoms with van der Waals surface area (Å²) >= 11 is 0. The van der Waals surface area contributed by atoms with Gasteiger partial charge in [0.15, 0.2) is 0 Å². The molecule has 4 rings (SSSR count). The molecule has 5 nitrogen and oxygen atoms in total. The average molecular weight is 433 g/mol. The Morgan fingerprint density at radius 2 is 1.88 bits per heavy atom. The quantitative estimate of drug-likeness (QED) is 0.493. The van der Waals surface area contributed by atoms with E-state index in [1.165, 1.54) is 5.56 Å². The molecule has 1 heterocycles. The first-order chi connectivity index (χ1) is 15.8. The molecule has 0 spiro atoms. The molecule has 1 atom stereocenters. The van der Waals surface area contributed by atoms with Crippen LogP contribution in [0.25, 0.3) is 10.8 Å². The summed E-state index contributed by atoms with van der Waals surface area (Å²) in [5.74, 6) is 0.574. The number of unbranched alkanes of at least 4 members (excludes halogenated alkanes) is 1. The first-order valence-electron chi connectivity index (χ1n) is 11.6. The predicted octanol–water partition coefficient (Wildman–Crippen LogP) is 4.82. The second kappa shape index (κ2) is 11.1. The van der Waals surface area contributed by atoms with Crippen LogP contribution in [0.5, 0.6) is 5.75 Å². The molecule has 1 fully saturated rings. The molecule has 168 valence electrons. The largest absolute Gasteiger partial charge is 0.493 e. The highest BCUT2D eigenvalue weighted by Crippen LogP contribution is 2.28. The van der Waals surface area contributed by atoms with Gasteiger partial charge in [-0.15, -0.1) is 0 Å². The molecule has 0 radical (unpaired) electrons. The molecule has 1 aliphatic heterocycles. The van der Waals surface area contributed by atoms with E-state index >= 15 is 0 Å². The van der Waals surface area contributed by atoms with Gasteiger partial charge in [0.2, 0.25) is 0 Å². The van der Waals surface area contributed by atoms with E-state index in [1.807, 2.05) is 49.4 Å². The van der Waals surface area contributed by atoms with E-state index in [4.69, 9.17) is 9.47 Å². The van der Waals surface area contributed by atoms with Crippen LogP contribution in [0, 0.1) is 0 Å². The fourth-order valence-electron chi connectivity index (χ4n) is 4.29. The van der Waals surface area contributed by atoms with E-state index in [0.29, 0.717) is 24.5 Å². The number of hydrogen-bond donors (Lipinski definition) is 1. The Kier molecular flexibility index (Phi) is 7.75. The van der Waals surface area contributed by atoms with Crippen LogP contribution in [-0.2, 0) is 4.74 Å². The molecule has 1 saturated heterocycles. The fraction of sp³-hybridized carbons (Fsp3) is 0.370. The van der Waals surface area contributed by atoms with E-state index in [1.54, 1.807) is 0 Å². The molecule has 1 amide bonds. The maximum atomic E-state index is 13.0. The highest BCUT2D eigenvalue weighted by Gasteiger charge is 2.21. The molecule has 0 saturated carbocycles. The summed E-state index contributed by atoms with van der Waals surface area (Å²) in [5.41, 5.74) is 1.87. The Bertz CT molecular complexity index is 1020. The molecule has 0 aliphatic carbocycles. The third-order valence-corrected chi connectivity index (χ3v) is 5.93. The van der Waals surface area contributed by atoms with Crippen molar-refractivity contribution in [2.45, 2.75) is 25.9 Å². The number of amides is 1. The standard InChI is InChI=1S/C27H32N2O3/c1-2-31-24-15-14-21-10-6-7-13-23(21)26(24)27(30)28-16-8-9-17-29-18-19-32-25(20-29)22-11-4-3-5-12-22/h3-7,10-15,25H,2,8-9,16-20H2,1H3,(H,28,30). The normalized spacial score (nSPS) is 16.7. The maximum Gasteiger partial charge on any atom is 0.255 e. The Morgan fingerprint density at radius 3 is 2.72 bits per heavy atom. The second-order valence-electron chi connectivity index (χ2n) is 8.13. The monoisotopic (exact) mass is 432 g/mol. The van der Waals surface area contributed by atoms with Gasteiger partial charge in [0, 0.05) is 19.6 Å². The Balaban J connectivity index is 1.27. The summed E-state index contributed by atoms with van der Waals surface area (Å²) in [7, 11) is 0. The molecule has 0 aromatic heterocycles. The van der Waals surface area contributed by atoms with Crippen molar-refractivity contribution in [2.75, 3.05) is 39.4 Å². The Labute approximate surface area is 190 Å². The van der Waals surface area contributed by atoms with Crippen LogP contribution in [0.2, 0.25) is 0 Å². The molecular formula is C27H32N2O3. The number of nitrogens with one attached hydrogen (secondary N) is 1. The van der Waals surface area contributed by atoms with Gasteiger partial charge in [0.1, 0.15) is 5.75 Å². The van der Waals surface area contributed by atoms with Crippen LogP contribution in [0.1, 0.15) is 41.8 Å². The lowest BCUT2D eigenvalue weighted by atomic mass is 10.0. The van der Waals surface area contributed by atoms with E-state index in [0.717, 1.165) is 49.9 Å². The van der Waals surface area contributed by atoms with E-state index in [2.05, 4.69) is 34.5 Å². The topological polar surface area (TPSA) is 50.8 Å². The van der Waals surface area contributed by atoms with Crippen molar-refractivity contribution >= 4 is 16.7 Å². The van der Waals surface area contributed by atoms with Gasteiger partial charge in [-0.2, -0.15) is 0 Å². The zero-order valence-electron chi connectivity index (χ0n) is 18.8. The van der Waals surface area contributed by atoms with Crippen LogP contribution in [0.4, 0.5) is 0 Å². The van der Waals surface area contributed by atoms with Crippen LogP contribution >= 0.6 is 0 Å². The average Bonchev–Trinajstić information content (AvgIpc) is 2.84. The Morgan fingerprint density at radius 1 is 1.06 bits per heavy atom. The lowest BCUT2D eigenvalue weighted by Crippen LogP contribution is -2.39. The SMILES string of the molecule is CCOc1ccc2ccccc2c1C(=O)NCCCCN1CCOC(c2ccccc2)C1. The minimum absolute atomic E-state index is 0.0687. The molecule has 32 heavy (non-hydrogen) atoms. The van der Waals surface area contributed by atoms with Gasteiger partial charge in [0.05, 0.1) is 24.9 Å². The molecule has 1 aliphatic rings. The van der Waals surface area contributed by atoms with Crippen LogP contribution < -0.4 is 10.1 Å². The summed E-state index contributed by atoms with van der Waals surface area (Å²) < 4.78 is 11.7. The number of rotatable bonds is 9. The zero-order chi connectivity index (χ0) is 22.2. The lowest BCUT2D eigenvalue weighted by Gasteiger charge is -2.33. The highest BCUT2D eigenvalue weighted by atomic mass is 16.5. The molecule has 1 N–H and O–H groups in total. The zero-order valence-corrected chi connectivity index (χ0v) is 18.8. The summed E-state index contributed by atoms with van der Waals surface area (Å²) in [6.07, 6.45) is 2.12. The van der Waals surface area contributed by atoms with Gasteiger partial charge in [-0.05, 0) is 48.7 Å². The van der Waals surface area contributed by atoms with Crippen LogP contribution in [-0.4, -0.2) is 50.2 Å². The van der Waals surface area contributed by atoms with Crippen molar-refractivity contribution in [3.05, 3.63) is 77.9 Å². The van der Waals surface area contributed by atoms with Crippen molar-refractivity contribution in [1.82, 2.24) is 10.2 Å². The predicted molar refractivity (Wildman–Crippen MR) is 128 cm³/mol. The second-order valence-corrected chi connectivity index (χ2v) is 8.13. The number of nitrogens with zero attached hydrogens (tertiary/aromatic N) is 1. The van der Waals surface area contributed by atoms with Crippen molar-refractivity contribution in [3.63, 3.8) is 0 Å². The summed E-state index contributed by atoms with van der Waals surface area (Å²) in [5, 5.41) is 5.07. The minimum atomic E-state index is -0.0687. The first kappa shape index (κ1) is 22.3. The Hall–Kier alpha value is -2.89. The van der Waals surface area contributed by atoms with Gasteiger partial charge in [-0.25, -0.2) is 0 Å². The van der Waals surface area contributed by atoms with Crippen molar-refractivity contribution in [3.8, 4) is 5.75 Å². The molecule has 5 heteroatoms. The summed E-state index contributed by atoms with van der Waals surface area (Å²) in [6, 6.07) is 22.3. The maximum absolute atomic E-state index is 13.0. The third-order valence-electron chi connectivity index (χ3n) is 5.93. The number of morpholine rings is 1. The summed E-state index contributed by atoms with van der Waals surface area (Å²) in [6.45, 7) is 6.78. The van der Waals surface area contributed by atoms with Crippen molar-refractivity contribution < 1.29 is 14.3 Å². The molecule has 1 unspecified atom stereocenters.